The summed E-state index contributed by atoms with van der Waals surface area (Å²) < 4.78 is 91.4. The maximum atomic E-state index is 15.2. The summed E-state index contributed by atoms with van der Waals surface area (Å²) in [5.74, 6) is -3.77. The van der Waals surface area contributed by atoms with Crippen LogP contribution in [0.25, 0.3) is 0 Å². The normalized spacial score (nSPS) is 28.5. The molecule has 43 heavy (non-hydrogen) atoms. The first-order valence-electron chi connectivity index (χ1n) is 16.6. The van der Waals surface area contributed by atoms with Crippen molar-refractivity contribution in [2.45, 2.75) is 128 Å². The summed E-state index contributed by atoms with van der Waals surface area (Å²) >= 11 is 0. The number of benzene rings is 2. The molecule has 3 fully saturated rings. The molecule has 0 amide bonds. The Balaban J connectivity index is 1.09. The van der Waals surface area contributed by atoms with E-state index < -0.39 is 35.3 Å². The molecule has 0 N–H and O–H groups in total. The number of hydrogen-bond acceptors (Lipinski definition) is 1. The Hall–Kier alpha value is -2.18. The number of ether oxygens (including phenoxy) is 1. The van der Waals surface area contributed by atoms with Crippen molar-refractivity contribution in [3.63, 3.8) is 0 Å². The van der Waals surface area contributed by atoms with Crippen LogP contribution in [-0.4, -0.2) is 6.11 Å². The van der Waals surface area contributed by atoms with Gasteiger partial charge in [-0.3, -0.25) is 0 Å². The molecule has 3 aliphatic rings. The van der Waals surface area contributed by atoms with Gasteiger partial charge in [-0.1, -0.05) is 51.5 Å². The highest BCUT2D eigenvalue weighted by molar-refractivity contribution is 5.32. The minimum absolute atomic E-state index is 0.136. The minimum Gasteiger partial charge on any atom is -0.432 e. The summed E-state index contributed by atoms with van der Waals surface area (Å²) in [5, 5.41) is 0. The van der Waals surface area contributed by atoms with E-state index in [0.29, 0.717) is 61.5 Å². The van der Waals surface area contributed by atoms with E-state index in [9.17, 15) is 13.2 Å². The van der Waals surface area contributed by atoms with Gasteiger partial charge in [-0.05, 0) is 123 Å². The van der Waals surface area contributed by atoms with Gasteiger partial charge in [-0.15, -0.1) is 0 Å². The fourth-order valence-corrected chi connectivity index (χ4v) is 8.25. The van der Waals surface area contributed by atoms with Crippen molar-refractivity contribution in [2.24, 2.45) is 23.7 Å². The Morgan fingerprint density at radius 2 is 1.26 bits per heavy atom. The van der Waals surface area contributed by atoms with Crippen LogP contribution in [0.15, 0.2) is 30.3 Å². The van der Waals surface area contributed by atoms with Crippen LogP contribution >= 0.6 is 0 Å². The van der Waals surface area contributed by atoms with Gasteiger partial charge in [0.25, 0.3) is 0 Å². The average Bonchev–Trinajstić information content (AvgIpc) is 3.00. The quantitative estimate of drug-likeness (QED) is 0.148. The molecule has 0 unspecified atom stereocenters. The predicted molar refractivity (Wildman–Crippen MR) is 157 cm³/mol. The standard InChI is InChI=1S/C36H46F6O/c1-2-3-4-5-23-6-8-24(9-7-23)25-14-16-29(17-15-25)36(41,42)43-30-18-19-31(32(37)22-30)27-12-10-26(11-13-27)28-20-33(38)35(40)34(39)21-28/h18-27,29H,2-17H2,1H3. The van der Waals surface area contributed by atoms with E-state index in [-0.39, 0.29) is 17.6 Å². The van der Waals surface area contributed by atoms with Gasteiger partial charge >= 0.3 is 6.11 Å². The Morgan fingerprint density at radius 1 is 0.674 bits per heavy atom. The molecule has 1 nitrogen and oxygen atoms in total. The van der Waals surface area contributed by atoms with E-state index in [1.807, 2.05) is 0 Å². The third-order valence-corrected chi connectivity index (χ3v) is 10.9. The summed E-state index contributed by atoms with van der Waals surface area (Å²) in [6.45, 7) is 2.24. The fourth-order valence-electron chi connectivity index (χ4n) is 8.25. The van der Waals surface area contributed by atoms with Gasteiger partial charge in [0.1, 0.15) is 11.6 Å². The molecule has 2 aromatic rings. The Bertz CT molecular complexity index is 1170. The smallest absolute Gasteiger partial charge is 0.400 e. The molecule has 0 spiro atoms. The van der Waals surface area contributed by atoms with E-state index in [1.54, 1.807) is 0 Å². The lowest BCUT2D eigenvalue weighted by Gasteiger charge is -2.39. The molecule has 238 valence electrons. The molecule has 3 saturated carbocycles. The maximum Gasteiger partial charge on any atom is 0.400 e. The van der Waals surface area contributed by atoms with Crippen LogP contribution in [0, 0.1) is 46.9 Å². The average molecular weight is 609 g/mol. The lowest BCUT2D eigenvalue weighted by atomic mass is 9.68. The molecule has 5 rings (SSSR count). The molecule has 0 heterocycles. The van der Waals surface area contributed by atoms with Crippen molar-refractivity contribution >= 4 is 0 Å². The largest absolute Gasteiger partial charge is 0.432 e. The van der Waals surface area contributed by atoms with E-state index in [1.165, 1.54) is 63.5 Å². The lowest BCUT2D eigenvalue weighted by Crippen LogP contribution is -2.38. The predicted octanol–water partition coefficient (Wildman–Crippen LogP) is 11.8. The molecule has 0 atom stereocenters. The van der Waals surface area contributed by atoms with E-state index in [2.05, 4.69) is 6.92 Å². The summed E-state index contributed by atoms with van der Waals surface area (Å²) in [4.78, 5) is 0. The second-order valence-corrected chi connectivity index (χ2v) is 13.6. The number of alkyl halides is 2. The summed E-state index contributed by atoms with van der Waals surface area (Å²) in [7, 11) is 0. The second-order valence-electron chi connectivity index (χ2n) is 13.6. The summed E-state index contributed by atoms with van der Waals surface area (Å²) in [6, 6.07) is 6.07. The molecule has 3 aliphatic carbocycles. The number of hydrogen-bond donors (Lipinski definition) is 0. The van der Waals surface area contributed by atoms with E-state index in [0.717, 1.165) is 37.0 Å². The molecule has 0 aromatic heterocycles. The zero-order chi connectivity index (χ0) is 30.6. The first-order chi connectivity index (χ1) is 20.6. The Morgan fingerprint density at radius 3 is 1.84 bits per heavy atom. The highest BCUT2D eigenvalue weighted by Crippen LogP contribution is 2.47. The van der Waals surface area contributed by atoms with Crippen molar-refractivity contribution in [3.05, 3.63) is 64.7 Å². The number of rotatable bonds is 10. The van der Waals surface area contributed by atoms with Gasteiger partial charge in [0, 0.05) is 6.07 Å². The van der Waals surface area contributed by atoms with Gasteiger partial charge in [-0.25, -0.2) is 17.6 Å². The Labute approximate surface area is 252 Å². The van der Waals surface area contributed by atoms with Crippen molar-refractivity contribution in [2.75, 3.05) is 0 Å². The van der Waals surface area contributed by atoms with Gasteiger partial charge in [0.2, 0.25) is 0 Å². The highest BCUT2D eigenvalue weighted by atomic mass is 19.3. The van der Waals surface area contributed by atoms with Gasteiger partial charge in [-0.2, -0.15) is 8.78 Å². The fraction of sp³-hybridized carbons (Fsp3) is 0.667. The molecule has 2 aromatic carbocycles. The minimum atomic E-state index is -3.35. The van der Waals surface area contributed by atoms with Crippen LogP contribution in [0.2, 0.25) is 0 Å². The SMILES string of the molecule is CCCCCC1CCC(C2CCC(C(F)(F)Oc3ccc(C4CCC(c5cc(F)c(F)c(F)c5)CC4)c(F)c3)CC2)CC1. The zero-order valence-corrected chi connectivity index (χ0v) is 25.3. The molecule has 0 saturated heterocycles. The lowest BCUT2D eigenvalue weighted by molar-refractivity contribution is -0.224. The summed E-state index contributed by atoms with van der Waals surface area (Å²) in [6.07, 6.45) is 11.6. The van der Waals surface area contributed by atoms with Crippen LogP contribution in [0.1, 0.15) is 133 Å². The molecule has 0 aliphatic heterocycles. The summed E-state index contributed by atoms with van der Waals surface area (Å²) in [5.41, 5.74) is 0.840. The third-order valence-electron chi connectivity index (χ3n) is 10.9. The van der Waals surface area contributed by atoms with Crippen molar-refractivity contribution in [1.82, 2.24) is 0 Å². The third kappa shape index (κ3) is 7.92. The monoisotopic (exact) mass is 608 g/mol. The van der Waals surface area contributed by atoms with Crippen LogP contribution in [0.4, 0.5) is 26.3 Å². The second kappa shape index (κ2) is 14.3. The first kappa shape index (κ1) is 32.2. The zero-order valence-electron chi connectivity index (χ0n) is 25.3. The van der Waals surface area contributed by atoms with Crippen molar-refractivity contribution in [1.29, 1.82) is 0 Å². The molecular formula is C36H46F6O. The van der Waals surface area contributed by atoms with Crippen molar-refractivity contribution in [3.8, 4) is 5.75 Å². The first-order valence-corrected chi connectivity index (χ1v) is 16.6. The van der Waals surface area contributed by atoms with Gasteiger partial charge < -0.3 is 4.74 Å². The molecular weight excluding hydrogens is 562 g/mol. The van der Waals surface area contributed by atoms with Crippen LogP contribution in [0.3, 0.4) is 0 Å². The number of halogens is 6. The van der Waals surface area contributed by atoms with E-state index in [4.69, 9.17) is 4.74 Å². The highest BCUT2D eigenvalue weighted by Gasteiger charge is 2.45. The molecule has 7 heteroatoms. The van der Waals surface area contributed by atoms with Crippen LogP contribution < -0.4 is 4.74 Å². The maximum absolute atomic E-state index is 15.2. The van der Waals surface area contributed by atoms with Gasteiger partial charge in [0.15, 0.2) is 17.5 Å². The van der Waals surface area contributed by atoms with Crippen LogP contribution in [0.5, 0.6) is 5.75 Å². The molecule has 0 radical (unpaired) electrons. The van der Waals surface area contributed by atoms with E-state index >= 15 is 13.2 Å². The molecule has 0 bridgehead atoms. The Kier molecular flexibility index (Phi) is 10.7. The topological polar surface area (TPSA) is 9.23 Å². The van der Waals surface area contributed by atoms with Crippen LogP contribution in [-0.2, 0) is 0 Å². The van der Waals surface area contributed by atoms with Gasteiger partial charge in [0.05, 0.1) is 5.92 Å². The van der Waals surface area contributed by atoms with Crippen molar-refractivity contribution < 1.29 is 31.1 Å². The number of unbranched alkanes of at least 4 members (excludes halogenated alkanes) is 2.